The molecule has 0 bridgehead atoms. The summed E-state index contributed by atoms with van der Waals surface area (Å²) in [7, 11) is 0. The summed E-state index contributed by atoms with van der Waals surface area (Å²) < 4.78 is 12.1. The summed E-state index contributed by atoms with van der Waals surface area (Å²) >= 11 is 0. The van der Waals surface area contributed by atoms with Crippen molar-refractivity contribution in [1.29, 1.82) is 0 Å². The number of allylic oxidation sites excluding steroid dienone is 3. The molecule has 0 N–H and O–H groups in total. The Bertz CT molecular complexity index is 1240. The van der Waals surface area contributed by atoms with Gasteiger partial charge in [-0.25, -0.2) is 0 Å². The quantitative estimate of drug-likeness (QED) is 0.513. The second kappa shape index (κ2) is 7.97. The van der Waals surface area contributed by atoms with Gasteiger partial charge in [0.05, 0.1) is 13.2 Å². The highest BCUT2D eigenvalue weighted by Crippen LogP contribution is 2.63. The van der Waals surface area contributed by atoms with E-state index >= 15 is 0 Å². The van der Waals surface area contributed by atoms with Crippen LogP contribution < -0.4 is 0 Å². The molecule has 1 aliphatic heterocycles. The summed E-state index contributed by atoms with van der Waals surface area (Å²) in [4.78, 5) is 17.6. The molecule has 2 heterocycles. The number of ether oxygens (including phenoxy) is 2. The van der Waals surface area contributed by atoms with Gasteiger partial charge in [-0.2, -0.15) is 0 Å². The monoisotopic (exact) mass is 467 g/mol. The third kappa shape index (κ3) is 3.33. The molecule has 2 unspecified atom stereocenters. The Morgan fingerprint density at radius 1 is 1.00 bits per heavy atom. The molecule has 1 aromatic heterocycles. The summed E-state index contributed by atoms with van der Waals surface area (Å²) in [5.74, 6) is 1.23. The van der Waals surface area contributed by atoms with Crippen LogP contribution in [0.5, 0.6) is 0 Å². The molecule has 7 rings (SSSR count). The number of nitrogens with zero attached hydrogens (tertiary/aromatic N) is 1. The average Bonchev–Trinajstić information content (AvgIpc) is 3.47. The Morgan fingerprint density at radius 2 is 1.86 bits per heavy atom. The molecule has 2 saturated carbocycles. The van der Waals surface area contributed by atoms with Gasteiger partial charge in [0.1, 0.15) is 5.78 Å². The highest BCUT2D eigenvalue weighted by molar-refractivity contribution is 5.87. The Labute approximate surface area is 207 Å². The molecule has 1 saturated heterocycles. The van der Waals surface area contributed by atoms with Crippen LogP contribution in [0.4, 0.5) is 0 Å². The van der Waals surface area contributed by atoms with E-state index in [0.717, 1.165) is 50.5 Å². The summed E-state index contributed by atoms with van der Waals surface area (Å²) in [5, 5.41) is 0. The standard InChI is InChI=1S/C31H33NO3/c1-30-18-26(21-5-2-4-20(16-21)23-6-3-13-32-19-23)29-24-11-12-31(34-14-15-35-31)17-22(24)7-8-25(29)27(30)9-10-28(30)33/h2-6,13,16-17,19,25-27H,7-12,14-15,18H2,1H3/t25?,26-,27?,30+/m1/s1. The Hall–Kier alpha value is -2.56. The van der Waals surface area contributed by atoms with Crippen LogP contribution in [0.3, 0.4) is 0 Å². The van der Waals surface area contributed by atoms with Gasteiger partial charge >= 0.3 is 0 Å². The molecular formula is C31H33NO3. The van der Waals surface area contributed by atoms with E-state index in [0.29, 0.717) is 30.8 Å². The van der Waals surface area contributed by atoms with Crippen molar-refractivity contribution in [1.82, 2.24) is 4.98 Å². The molecule has 2 aromatic rings. The van der Waals surface area contributed by atoms with E-state index in [1.807, 2.05) is 18.5 Å². The predicted octanol–water partition coefficient (Wildman–Crippen LogP) is 6.39. The lowest BCUT2D eigenvalue weighted by molar-refractivity contribution is -0.128. The van der Waals surface area contributed by atoms with Crippen molar-refractivity contribution < 1.29 is 14.3 Å². The van der Waals surface area contributed by atoms with E-state index in [1.165, 1.54) is 16.7 Å². The number of fused-ring (bicyclic) bond motifs is 4. The van der Waals surface area contributed by atoms with Gasteiger partial charge in [0.15, 0.2) is 5.79 Å². The van der Waals surface area contributed by atoms with Gasteiger partial charge in [0.2, 0.25) is 0 Å². The zero-order valence-corrected chi connectivity index (χ0v) is 20.5. The van der Waals surface area contributed by atoms with Crippen LogP contribution in [0.2, 0.25) is 0 Å². The smallest absolute Gasteiger partial charge is 0.188 e. The third-order valence-electron chi connectivity index (χ3n) is 9.66. The van der Waals surface area contributed by atoms with Crippen molar-refractivity contribution in [3.63, 3.8) is 0 Å². The number of hydrogen-bond donors (Lipinski definition) is 0. The Kier molecular flexibility index (Phi) is 4.94. The van der Waals surface area contributed by atoms with E-state index in [1.54, 1.807) is 11.1 Å². The normalized spacial score (nSPS) is 33.3. The van der Waals surface area contributed by atoms with E-state index in [-0.39, 0.29) is 11.3 Å². The van der Waals surface area contributed by atoms with Crippen molar-refractivity contribution in [2.45, 2.75) is 63.6 Å². The van der Waals surface area contributed by atoms with Crippen LogP contribution in [0.15, 0.2) is 71.6 Å². The number of Topliss-reactive ketones (excluding diaryl/α,β-unsaturated/α-hetero) is 1. The van der Waals surface area contributed by atoms with Crippen LogP contribution in [-0.4, -0.2) is 29.8 Å². The molecule has 35 heavy (non-hydrogen) atoms. The lowest BCUT2D eigenvalue weighted by atomic mass is 9.53. The Morgan fingerprint density at radius 3 is 2.69 bits per heavy atom. The number of ketones is 1. The zero-order chi connectivity index (χ0) is 23.6. The van der Waals surface area contributed by atoms with Gasteiger partial charge in [0.25, 0.3) is 0 Å². The van der Waals surface area contributed by atoms with Crippen molar-refractivity contribution in [2.75, 3.05) is 13.2 Å². The minimum absolute atomic E-state index is 0.210. The lowest BCUT2D eigenvalue weighted by Crippen LogP contribution is -2.44. The number of hydrogen-bond acceptors (Lipinski definition) is 4. The molecule has 1 spiro atoms. The van der Waals surface area contributed by atoms with E-state index in [9.17, 15) is 4.79 Å². The van der Waals surface area contributed by atoms with Gasteiger partial charge in [-0.1, -0.05) is 42.8 Å². The fourth-order valence-electron chi connectivity index (χ4n) is 8.02. The number of benzene rings is 1. The number of aromatic nitrogens is 1. The second-order valence-corrected chi connectivity index (χ2v) is 11.4. The number of rotatable bonds is 2. The van der Waals surface area contributed by atoms with E-state index in [4.69, 9.17) is 9.47 Å². The first-order chi connectivity index (χ1) is 17.1. The second-order valence-electron chi connectivity index (χ2n) is 11.4. The molecular weight excluding hydrogens is 434 g/mol. The molecule has 0 radical (unpaired) electrons. The number of pyridine rings is 1. The minimum Gasteiger partial charge on any atom is -0.344 e. The first-order valence-corrected chi connectivity index (χ1v) is 13.3. The summed E-state index contributed by atoms with van der Waals surface area (Å²) in [5.41, 5.74) is 8.07. The minimum atomic E-state index is -0.505. The van der Waals surface area contributed by atoms with Crippen LogP contribution in [-0.2, 0) is 14.3 Å². The van der Waals surface area contributed by atoms with Crippen LogP contribution in [0.1, 0.15) is 63.4 Å². The van der Waals surface area contributed by atoms with E-state index in [2.05, 4.69) is 48.3 Å². The topological polar surface area (TPSA) is 48.4 Å². The lowest BCUT2D eigenvalue weighted by Gasteiger charge is -2.51. The fraction of sp³-hybridized carbons (Fsp3) is 0.484. The zero-order valence-electron chi connectivity index (χ0n) is 20.5. The summed E-state index contributed by atoms with van der Waals surface area (Å²) in [6.07, 6.45) is 12.9. The maximum Gasteiger partial charge on any atom is 0.188 e. The van der Waals surface area contributed by atoms with Crippen LogP contribution in [0, 0.1) is 17.3 Å². The van der Waals surface area contributed by atoms with Crippen molar-refractivity contribution in [2.24, 2.45) is 17.3 Å². The van der Waals surface area contributed by atoms with Gasteiger partial charge < -0.3 is 9.47 Å². The molecule has 5 aliphatic rings. The highest BCUT2D eigenvalue weighted by atomic mass is 16.7. The van der Waals surface area contributed by atoms with Gasteiger partial charge in [-0.05, 0) is 83.9 Å². The van der Waals surface area contributed by atoms with Crippen LogP contribution >= 0.6 is 0 Å². The van der Waals surface area contributed by atoms with Gasteiger partial charge in [0, 0.05) is 36.6 Å². The number of carbonyl (C=O) groups is 1. The average molecular weight is 468 g/mol. The molecule has 3 fully saturated rings. The molecule has 4 atom stereocenters. The van der Waals surface area contributed by atoms with E-state index < -0.39 is 5.79 Å². The molecule has 0 amide bonds. The van der Waals surface area contributed by atoms with Crippen molar-refractivity contribution in [3.8, 4) is 11.1 Å². The van der Waals surface area contributed by atoms with Gasteiger partial charge in [-0.3, -0.25) is 9.78 Å². The number of carbonyl (C=O) groups excluding carboxylic acids is 1. The van der Waals surface area contributed by atoms with Crippen LogP contribution in [0.25, 0.3) is 11.1 Å². The van der Waals surface area contributed by atoms with Crippen molar-refractivity contribution >= 4 is 5.78 Å². The molecule has 4 aliphatic carbocycles. The molecule has 4 nitrogen and oxygen atoms in total. The maximum absolute atomic E-state index is 13.3. The SMILES string of the molecule is C[C@]12C[C@H](c3cccc(-c4cccnc4)c3)C3=C4CCC5(C=C4CCC3C1CCC2=O)OCCO5. The van der Waals surface area contributed by atoms with Crippen molar-refractivity contribution in [3.05, 3.63) is 77.2 Å². The third-order valence-corrected chi connectivity index (χ3v) is 9.66. The first kappa shape index (κ1) is 21.7. The summed E-state index contributed by atoms with van der Waals surface area (Å²) in [6.45, 7) is 3.64. The highest BCUT2D eigenvalue weighted by Gasteiger charge is 2.57. The van der Waals surface area contributed by atoms with Gasteiger partial charge in [-0.15, -0.1) is 0 Å². The molecule has 4 heteroatoms. The summed E-state index contributed by atoms with van der Waals surface area (Å²) in [6, 6.07) is 13.1. The predicted molar refractivity (Wildman–Crippen MR) is 135 cm³/mol. The first-order valence-electron chi connectivity index (χ1n) is 13.3. The molecule has 1 aromatic carbocycles. The largest absolute Gasteiger partial charge is 0.344 e. The Balaban J connectivity index is 1.37. The maximum atomic E-state index is 13.3. The molecule has 180 valence electrons. The fourth-order valence-corrected chi connectivity index (χ4v) is 8.02.